The Morgan fingerprint density at radius 1 is 1.42 bits per heavy atom. The van der Waals surface area contributed by atoms with Crippen molar-refractivity contribution in [2.45, 2.75) is 6.92 Å². The van der Waals surface area contributed by atoms with Crippen molar-refractivity contribution in [2.75, 3.05) is 12.3 Å². The number of nitrogens with two attached hydrogens (primary N) is 1. The van der Waals surface area contributed by atoms with Gasteiger partial charge in [0.15, 0.2) is 0 Å². The van der Waals surface area contributed by atoms with Gasteiger partial charge in [-0.25, -0.2) is 9.66 Å². The van der Waals surface area contributed by atoms with Crippen LogP contribution in [0.4, 0.5) is 5.95 Å². The van der Waals surface area contributed by atoms with E-state index in [2.05, 4.69) is 21.9 Å². The molecule has 0 aliphatic carbocycles. The normalized spacial score (nSPS) is 10.4. The first kappa shape index (κ1) is 12.9. The van der Waals surface area contributed by atoms with Crippen LogP contribution in [0.2, 0.25) is 0 Å². The monoisotopic (exact) mass is 254 g/mol. The number of aliphatic hydroxyl groups excluding tert-OH is 1. The van der Waals surface area contributed by atoms with E-state index in [9.17, 15) is 0 Å². The summed E-state index contributed by atoms with van der Waals surface area (Å²) in [4.78, 5) is 4.06. The van der Waals surface area contributed by atoms with Crippen molar-refractivity contribution in [1.82, 2.24) is 9.66 Å². The number of aliphatic hydroxyl groups is 1. The molecule has 0 fully saturated rings. The molecule has 0 bridgehead atoms. The number of hydrogen-bond donors (Lipinski definition) is 2. The van der Waals surface area contributed by atoms with Gasteiger partial charge in [0.05, 0.1) is 18.1 Å². The van der Waals surface area contributed by atoms with Crippen LogP contribution in [-0.2, 0) is 0 Å². The van der Waals surface area contributed by atoms with Crippen molar-refractivity contribution in [2.24, 2.45) is 5.10 Å². The number of rotatable bonds is 2. The van der Waals surface area contributed by atoms with Crippen LogP contribution >= 0.6 is 0 Å². The number of nitrogen functional groups attached to an aromatic ring is 1. The molecular weight excluding hydrogens is 240 g/mol. The molecule has 2 aromatic rings. The second-order valence-electron chi connectivity index (χ2n) is 3.91. The summed E-state index contributed by atoms with van der Waals surface area (Å²) >= 11 is 0. The van der Waals surface area contributed by atoms with E-state index in [0.29, 0.717) is 5.95 Å². The van der Waals surface area contributed by atoms with Crippen molar-refractivity contribution in [3.63, 3.8) is 0 Å². The van der Waals surface area contributed by atoms with Crippen LogP contribution < -0.4 is 5.73 Å². The second-order valence-corrected chi connectivity index (χ2v) is 3.91. The number of aryl methyl sites for hydroxylation is 1. The minimum absolute atomic E-state index is 0.136. The molecule has 3 N–H and O–H groups in total. The highest BCUT2D eigenvalue weighted by Gasteiger charge is 1.98. The molecule has 0 saturated carbocycles. The third-order valence-corrected chi connectivity index (χ3v) is 2.39. The van der Waals surface area contributed by atoms with Gasteiger partial charge < -0.3 is 10.8 Å². The number of anilines is 1. The fourth-order valence-corrected chi connectivity index (χ4v) is 1.52. The fraction of sp³-hybridized carbons (Fsp3) is 0.143. The van der Waals surface area contributed by atoms with Gasteiger partial charge in [0.2, 0.25) is 5.95 Å². The molecule has 0 radical (unpaired) electrons. The van der Waals surface area contributed by atoms with Gasteiger partial charge in [-0.2, -0.15) is 5.10 Å². The van der Waals surface area contributed by atoms with E-state index in [1.54, 1.807) is 12.4 Å². The summed E-state index contributed by atoms with van der Waals surface area (Å²) in [7, 11) is 0. The molecule has 0 spiro atoms. The lowest BCUT2D eigenvalue weighted by Crippen LogP contribution is -1.96. The zero-order chi connectivity index (χ0) is 13.7. The Balaban J connectivity index is 2.13. The second kappa shape index (κ2) is 5.85. The molecule has 5 heteroatoms. The van der Waals surface area contributed by atoms with Crippen molar-refractivity contribution in [3.8, 4) is 11.8 Å². The molecule has 1 aromatic carbocycles. The lowest BCUT2D eigenvalue weighted by molar-refractivity contribution is 0.350. The Morgan fingerprint density at radius 2 is 2.16 bits per heavy atom. The van der Waals surface area contributed by atoms with E-state index in [4.69, 9.17) is 10.8 Å². The predicted molar refractivity (Wildman–Crippen MR) is 74.8 cm³/mol. The first-order valence-corrected chi connectivity index (χ1v) is 5.74. The summed E-state index contributed by atoms with van der Waals surface area (Å²) in [6, 6.07) is 7.52. The van der Waals surface area contributed by atoms with Gasteiger partial charge in [-0.1, -0.05) is 24.0 Å². The van der Waals surface area contributed by atoms with Crippen molar-refractivity contribution in [1.29, 1.82) is 0 Å². The molecule has 0 unspecified atom stereocenters. The molecule has 19 heavy (non-hydrogen) atoms. The quantitative estimate of drug-likeness (QED) is 0.620. The molecule has 0 amide bonds. The number of benzene rings is 1. The minimum Gasteiger partial charge on any atom is -0.384 e. The molecule has 0 atom stereocenters. The van der Waals surface area contributed by atoms with Crippen LogP contribution in [0.1, 0.15) is 16.8 Å². The summed E-state index contributed by atoms with van der Waals surface area (Å²) in [6.45, 7) is 1.72. The summed E-state index contributed by atoms with van der Waals surface area (Å²) in [5, 5.41) is 12.8. The van der Waals surface area contributed by atoms with E-state index in [0.717, 1.165) is 16.8 Å². The number of nitrogens with zero attached hydrogens (tertiary/aromatic N) is 3. The first-order chi connectivity index (χ1) is 9.19. The van der Waals surface area contributed by atoms with Gasteiger partial charge in [0, 0.05) is 5.56 Å². The third-order valence-electron chi connectivity index (χ3n) is 2.39. The number of aromatic nitrogens is 2. The van der Waals surface area contributed by atoms with Crippen molar-refractivity contribution < 1.29 is 5.11 Å². The number of imidazole rings is 1. The van der Waals surface area contributed by atoms with Crippen molar-refractivity contribution in [3.05, 3.63) is 47.3 Å². The molecule has 0 aliphatic heterocycles. The molecule has 1 heterocycles. The van der Waals surface area contributed by atoms with Gasteiger partial charge in [-0.15, -0.1) is 0 Å². The van der Waals surface area contributed by atoms with Gasteiger partial charge in [-0.05, 0) is 24.6 Å². The molecule has 5 nitrogen and oxygen atoms in total. The van der Waals surface area contributed by atoms with Crippen LogP contribution in [0.5, 0.6) is 0 Å². The Morgan fingerprint density at radius 3 is 2.74 bits per heavy atom. The molecule has 96 valence electrons. The van der Waals surface area contributed by atoms with E-state index in [1.807, 2.05) is 31.2 Å². The zero-order valence-corrected chi connectivity index (χ0v) is 10.5. The lowest BCUT2D eigenvalue weighted by atomic mass is 10.1. The van der Waals surface area contributed by atoms with E-state index in [1.165, 1.54) is 4.68 Å². The zero-order valence-electron chi connectivity index (χ0n) is 10.5. The SMILES string of the molecule is Cc1cn(N=Cc2ccc(C#CCO)cc2)c(N)n1. The summed E-state index contributed by atoms with van der Waals surface area (Å²) in [6.07, 6.45) is 3.45. The van der Waals surface area contributed by atoms with E-state index in [-0.39, 0.29) is 6.61 Å². The van der Waals surface area contributed by atoms with Crippen molar-refractivity contribution >= 4 is 12.2 Å². The van der Waals surface area contributed by atoms with Gasteiger partial charge in [0.1, 0.15) is 6.61 Å². The maximum absolute atomic E-state index is 8.61. The van der Waals surface area contributed by atoms with Gasteiger partial charge in [0.25, 0.3) is 0 Å². The Hall–Kier alpha value is -2.58. The highest BCUT2D eigenvalue weighted by atomic mass is 16.2. The Bertz CT molecular complexity index is 644. The summed E-state index contributed by atoms with van der Waals surface area (Å²) in [5.41, 5.74) is 8.29. The standard InChI is InChI=1S/C14H14N4O/c1-11-10-18(14(15)17-11)16-9-13-6-4-12(5-7-13)3-2-8-19/h4-7,9-10,19H,8H2,1H3,(H2,15,17). The molecular formula is C14H14N4O. The van der Waals surface area contributed by atoms with E-state index < -0.39 is 0 Å². The van der Waals surface area contributed by atoms with Crippen LogP contribution in [-0.4, -0.2) is 27.6 Å². The average Bonchev–Trinajstić information content (AvgIpc) is 2.73. The Labute approximate surface area is 111 Å². The van der Waals surface area contributed by atoms with Gasteiger partial charge in [-0.3, -0.25) is 0 Å². The third kappa shape index (κ3) is 3.44. The minimum atomic E-state index is -0.136. The van der Waals surface area contributed by atoms with Crippen LogP contribution in [0.3, 0.4) is 0 Å². The topological polar surface area (TPSA) is 76.4 Å². The molecule has 0 aliphatic rings. The van der Waals surface area contributed by atoms with Crippen LogP contribution in [0.15, 0.2) is 35.6 Å². The maximum Gasteiger partial charge on any atom is 0.221 e. The molecule has 0 saturated heterocycles. The summed E-state index contributed by atoms with van der Waals surface area (Å²) in [5.74, 6) is 5.78. The fourth-order valence-electron chi connectivity index (χ4n) is 1.52. The smallest absolute Gasteiger partial charge is 0.221 e. The van der Waals surface area contributed by atoms with E-state index >= 15 is 0 Å². The highest BCUT2D eigenvalue weighted by Crippen LogP contribution is 2.05. The van der Waals surface area contributed by atoms with Gasteiger partial charge >= 0.3 is 0 Å². The largest absolute Gasteiger partial charge is 0.384 e. The first-order valence-electron chi connectivity index (χ1n) is 5.74. The Kier molecular flexibility index (Phi) is 3.96. The summed E-state index contributed by atoms with van der Waals surface area (Å²) < 4.78 is 1.52. The number of hydrogen-bond acceptors (Lipinski definition) is 4. The van der Waals surface area contributed by atoms with Crippen LogP contribution in [0, 0.1) is 18.8 Å². The molecule has 2 rings (SSSR count). The predicted octanol–water partition coefficient (Wildman–Crippen LogP) is 1.000. The average molecular weight is 254 g/mol. The van der Waals surface area contributed by atoms with Crippen LogP contribution in [0.25, 0.3) is 0 Å². The lowest BCUT2D eigenvalue weighted by Gasteiger charge is -1.96. The maximum atomic E-state index is 8.61. The highest BCUT2D eigenvalue weighted by molar-refractivity contribution is 5.79. The molecule has 1 aromatic heterocycles.